The van der Waals surface area contributed by atoms with Crippen molar-refractivity contribution in [2.45, 2.75) is 11.4 Å². The van der Waals surface area contributed by atoms with Crippen molar-refractivity contribution in [2.24, 2.45) is 0 Å². The normalized spacial score (nSPS) is 11.6. The summed E-state index contributed by atoms with van der Waals surface area (Å²) in [7, 11) is -3.77. The number of nitrogen functional groups attached to an aromatic ring is 1. The summed E-state index contributed by atoms with van der Waals surface area (Å²) in [5, 5.41) is 6.30. The third-order valence-corrected chi connectivity index (χ3v) is 3.69. The summed E-state index contributed by atoms with van der Waals surface area (Å²) in [6.45, 7) is 0.0499. The number of nitrogens with one attached hydrogen (secondary N) is 2. The molecule has 4 N–H and O–H groups in total. The molecule has 0 amide bonds. The van der Waals surface area contributed by atoms with Crippen LogP contribution < -0.4 is 10.5 Å². The fraction of sp³-hybridized carbons (Fsp3) is 0.100. The minimum absolute atomic E-state index is 0.0499. The lowest BCUT2D eigenvalue weighted by atomic mass is 10.3. The zero-order chi connectivity index (χ0) is 13.2. The number of sulfonamides is 1. The third-order valence-electron chi connectivity index (χ3n) is 2.29. The van der Waals surface area contributed by atoms with E-state index in [9.17, 15) is 12.8 Å². The smallest absolute Gasteiger partial charge is 0.241 e. The number of anilines is 1. The Labute approximate surface area is 103 Å². The molecule has 0 aliphatic carbocycles. The van der Waals surface area contributed by atoms with E-state index in [1.165, 1.54) is 18.3 Å². The van der Waals surface area contributed by atoms with Crippen LogP contribution in [0.4, 0.5) is 10.1 Å². The van der Waals surface area contributed by atoms with Gasteiger partial charge in [-0.05, 0) is 24.3 Å². The summed E-state index contributed by atoms with van der Waals surface area (Å²) in [4.78, 5) is -0.172. The molecule has 8 heteroatoms. The first kappa shape index (κ1) is 12.5. The Balaban J connectivity index is 2.17. The van der Waals surface area contributed by atoms with Crippen molar-refractivity contribution >= 4 is 15.7 Å². The molecule has 1 aromatic carbocycles. The molecular formula is C10H11FN4O2S. The predicted molar refractivity (Wildman–Crippen MR) is 63.4 cm³/mol. The number of benzene rings is 1. The number of hydrogen-bond acceptors (Lipinski definition) is 4. The maximum atomic E-state index is 13.2. The second kappa shape index (κ2) is 4.75. The molecule has 1 aromatic heterocycles. The van der Waals surface area contributed by atoms with Crippen molar-refractivity contribution in [1.82, 2.24) is 14.9 Å². The second-order valence-corrected chi connectivity index (χ2v) is 5.36. The first-order valence-corrected chi connectivity index (χ1v) is 6.50. The predicted octanol–water partition coefficient (Wildman–Crippen LogP) is 0.609. The summed E-state index contributed by atoms with van der Waals surface area (Å²) in [6, 6.07) is 4.96. The summed E-state index contributed by atoms with van der Waals surface area (Å²) in [5.74, 6) is -0.764. The number of hydrogen-bond donors (Lipinski definition) is 3. The summed E-state index contributed by atoms with van der Waals surface area (Å²) in [5.41, 5.74) is 5.79. The van der Waals surface area contributed by atoms with Gasteiger partial charge in [-0.25, -0.2) is 17.5 Å². The van der Waals surface area contributed by atoms with Gasteiger partial charge >= 0.3 is 0 Å². The van der Waals surface area contributed by atoms with Crippen molar-refractivity contribution in [3.05, 3.63) is 42.0 Å². The van der Waals surface area contributed by atoms with Gasteiger partial charge in [-0.2, -0.15) is 5.10 Å². The molecule has 6 nitrogen and oxygen atoms in total. The van der Waals surface area contributed by atoms with Crippen LogP contribution in [0.25, 0.3) is 0 Å². The first-order chi connectivity index (χ1) is 8.49. The summed E-state index contributed by atoms with van der Waals surface area (Å²) >= 11 is 0. The lowest BCUT2D eigenvalue weighted by Gasteiger charge is -2.06. The van der Waals surface area contributed by atoms with Gasteiger partial charge in [0.2, 0.25) is 10.0 Å². The van der Waals surface area contributed by atoms with Crippen molar-refractivity contribution in [3.8, 4) is 0 Å². The second-order valence-electron chi connectivity index (χ2n) is 3.59. The highest BCUT2D eigenvalue weighted by molar-refractivity contribution is 7.89. The van der Waals surface area contributed by atoms with Gasteiger partial charge in [0.05, 0.1) is 22.8 Å². The van der Waals surface area contributed by atoms with Crippen LogP contribution in [-0.2, 0) is 16.6 Å². The maximum Gasteiger partial charge on any atom is 0.241 e. The average molecular weight is 270 g/mol. The Bertz CT molecular complexity index is 640. The van der Waals surface area contributed by atoms with Gasteiger partial charge in [0.25, 0.3) is 0 Å². The molecule has 96 valence electrons. The highest BCUT2D eigenvalue weighted by Gasteiger charge is 2.15. The van der Waals surface area contributed by atoms with E-state index in [4.69, 9.17) is 5.73 Å². The van der Waals surface area contributed by atoms with Crippen LogP contribution in [0.3, 0.4) is 0 Å². The standard InChI is InChI=1S/C10H11FN4O2S/c11-9-5-8(1-2-10(9)12)18(16,17)14-6-7-3-4-13-15-7/h1-5,14H,6,12H2,(H,13,15). The third kappa shape index (κ3) is 2.66. The maximum absolute atomic E-state index is 13.2. The van der Waals surface area contributed by atoms with E-state index >= 15 is 0 Å². The highest BCUT2D eigenvalue weighted by atomic mass is 32.2. The van der Waals surface area contributed by atoms with Crippen molar-refractivity contribution < 1.29 is 12.8 Å². The van der Waals surface area contributed by atoms with Crippen LogP contribution in [0.5, 0.6) is 0 Å². The fourth-order valence-electron chi connectivity index (χ4n) is 1.31. The quantitative estimate of drug-likeness (QED) is 0.708. The SMILES string of the molecule is Nc1ccc(S(=O)(=O)NCc2ccn[nH]2)cc1F. The van der Waals surface area contributed by atoms with Gasteiger partial charge in [0.15, 0.2) is 0 Å². The minimum atomic E-state index is -3.77. The van der Waals surface area contributed by atoms with E-state index in [1.54, 1.807) is 6.07 Å². The molecule has 0 unspecified atom stereocenters. The Morgan fingerprint density at radius 3 is 2.78 bits per heavy atom. The van der Waals surface area contributed by atoms with Crippen LogP contribution in [-0.4, -0.2) is 18.6 Å². The molecule has 18 heavy (non-hydrogen) atoms. The van der Waals surface area contributed by atoms with Gasteiger partial charge in [-0.3, -0.25) is 5.10 Å². The van der Waals surface area contributed by atoms with Gasteiger partial charge in [0, 0.05) is 6.20 Å². The molecule has 2 rings (SSSR count). The zero-order valence-electron chi connectivity index (χ0n) is 9.22. The number of rotatable bonds is 4. The van der Waals surface area contributed by atoms with Crippen LogP contribution in [0.1, 0.15) is 5.69 Å². The molecule has 2 aromatic rings. The van der Waals surface area contributed by atoms with Crippen molar-refractivity contribution in [2.75, 3.05) is 5.73 Å². The fourth-order valence-corrected chi connectivity index (χ4v) is 2.33. The molecule has 0 bridgehead atoms. The van der Waals surface area contributed by atoms with E-state index in [0.717, 1.165) is 6.07 Å². The highest BCUT2D eigenvalue weighted by Crippen LogP contribution is 2.16. The van der Waals surface area contributed by atoms with Gasteiger partial charge in [-0.1, -0.05) is 0 Å². The van der Waals surface area contributed by atoms with E-state index < -0.39 is 15.8 Å². The lowest BCUT2D eigenvalue weighted by molar-refractivity contribution is 0.577. The van der Waals surface area contributed by atoms with Crippen LogP contribution in [0.15, 0.2) is 35.4 Å². The molecule has 0 aliphatic rings. The summed E-state index contributed by atoms with van der Waals surface area (Å²) in [6.07, 6.45) is 1.51. The molecule has 0 spiro atoms. The van der Waals surface area contributed by atoms with Crippen LogP contribution in [0, 0.1) is 5.82 Å². The number of halogens is 1. The van der Waals surface area contributed by atoms with E-state index in [1.807, 2.05) is 0 Å². The molecule has 0 saturated heterocycles. The van der Waals surface area contributed by atoms with Crippen LogP contribution >= 0.6 is 0 Å². The Hall–Kier alpha value is -1.93. The monoisotopic (exact) mass is 270 g/mol. The Morgan fingerprint density at radius 2 is 2.17 bits per heavy atom. The number of aromatic nitrogens is 2. The molecule has 0 radical (unpaired) electrons. The number of H-pyrrole nitrogens is 1. The van der Waals surface area contributed by atoms with E-state index in [-0.39, 0.29) is 17.1 Å². The van der Waals surface area contributed by atoms with Crippen molar-refractivity contribution in [1.29, 1.82) is 0 Å². The van der Waals surface area contributed by atoms with Crippen LogP contribution in [0.2, 0.25) is 0 Å². The van der Waals surface area contributed by atoms with Crippen molar-refractivity contribution in [3.63, 3.8) is 0 Å². The average Bonchev–Trinajstić information content (AvgIpc) is 2.83. The summed E-state index contributed by atoms with van der Waals surface area (Å²) < 4.78 is 39.2. The van der Waals surface area contributed by atoms with E-state index in [2.05, 4.69) is 14.9 Å². The van der Waals surface area contributed by atoms with E-state index in [0.29, 0.717) is 5.69 Å². The Morgan fingerprint density at radius 1 is 1.39 bits per heavy atom. The number of nitrogens with zero attached hydrogens (tertiary/aromatic N) is 1. The molecule has 0 fully saturated rings. The topological polar surface area (TPSA) is 101 Å². The molecule has 0 atom stereocenters. The number of aromatic amines is 1. The van der Waals surface area contributed by atoms with Gasteiger partial charge in [0.1, 0.15) is 5.82 Å². The molecule has 0 saturated carbocycles. The largest absolute Gasteiger partial charge is 0.396 e. The minimum Gasteiger partial charge on any atom is -0.396 e. The lowest BCUT2D eigenvalue weighted by Crippen LogP contribution is -2.23. The zero-order valence-corrected chi connectivity index (χ0v) is 10.0. The molecule has 0 aliphatic heterocycles. The molecule has 1 heterocycles. The molecular weight excluding hydrogens is 259 g/mol. The van der Waals surface area contributed by atoms with Gasteiger partial charge < -0.3 is 5.73 Å². The Kier molecular flexibility index (Phi) is 3.30. The first-order valence-electron chi connectivity index (χ1n) is 5.02. The number of nitrogens with two attached hydrogens (primary N) is 1. The van der Waals surface area contributed by atoms with Gasteiger partial charge in [-0.15, -0.1) is 0 Å².